The summed E-state index contributed by atoms with van der Waals surface area (Å²) in [5, 5.41) is 22.7. The second-order valence-electron chi connectivity index (χ2n) is 8.05. The van der Waals surface area contributed by atoms with Crippen LogP contribution in [0.1, 0.15) is 24.0 Å². The largest absolute Gasteiger partial charge is 0.507 e. The Morgan fingerprint density at radius 3 is 2.37 bits per heavy atom. The van der Waals surface area contributed by atoms with Gasteiger partial charge in [0.15, 0.2) is 0 Å². The molecule has 5 nitrogen and oxygen atoms in total. The van der Waals surface area contributed by atoms with E-state index >= 15 is 0 Å². The first-order chi connectivity index (χ1) is 13.9. The van der Waals surface area contributed by atoms with Crippen molar-refractivity contribution in [3.05, 3.63) is 70.0 Å². The number of nitrogens with two attached hydrogens (primary N) is 1. The fraction of sp³-hybridized carbons (Fsp3) is 0.208. The van der Waals surface area contributed by atoms with Crippen molar-refractivity contribution >= 4 is 34.1 Å². The third kappa shape index (κ3) is 2.85. The number of aromatic nitrogens is 1. The Hall–Kier alpha value is -3.02. The summed E-state index contributed by atoms with van der Waals surface area (Å²) in [5.41, 5.74) is 9.84. The van der Waals surface area contributed by atoms with Crippen LogP contribution in [0.4, 0.5) is 0 Å². The quantitative estimate of drug-likeness (QED) is 0.366. The van der Waals surface area contributed by atoms with Gasteiger partial charge in [0.05, 0.1) is 10.9 Å². The van der Waals surface area contributed by atoms with Gasteiger partial charge in [0.25, 0.3) is 5.56 Å². The average Bonchev–Trinajstić information content (AvgIpc) is 3.51. The summed E-state index contributed by atoms with van der Waals surface area (Å²) in [7, 11) is 0. The van der Waals surface area contributed by atoms with Gasteiger partial charge in [-0.1, -0.05) is 36.4 Å². The number of H-pyrrole nitrogens is 1. The highest BCUT2D eigenvalue weighted by Gasteiger charge is 2.42. The summed E-state index contributed by atoms with van der Waals surface area (Å²) in [6.45, 7) is 2.48. The molecule has 30 heavy (non-hydrogen) atoms. The average molecular weight is 423 g/mol. The number of halogens is 1. The molecule has 3 aromatic carbocycles. The SMILES string of the molecule is Cc1cc(O)c(-c2ccc(C3(CN)CC3)cc2)c2c1[nH]c(=O)c1c(O)cccc12.Cl. The van der Waals surface area contributed by atoms with Crippen LogP contribution in [0.3, 0.4) is 0 Å². The number of aryl methyl sites for hydroxylation is 1. The molecule has 1 aromatic heterocycles. The number of pyridine rings is 1. The third-order valence-electron chi connectivity index (χ3n) is 6.31. The van der Waals surface area contributed by atoms with Gasteiger partial charge in [-0.3, -0.25) is 4.79 Å². The van der Waals surface area contributed by atoms with E-state index in [1.165, 1.54) is 11.6 Å². The first-order valence-electron chi connectivity index (χ1n) is 9.76. The zero-order valence-electron chi connectivity index (χ0n) is 16.5. The van der Waals surface area contributed by atoms with E-state index in [0.29, 0.717) is 23.0 Å². The highest BCUT2D eigenvalue weighted by Crippen LogP contribution is 2.48. The van der Waals surface area contributed by atoms with Gasteiger partial charge in [-0.15, -0.1) is 12.4 Å². The number of aromatic hydroxyl groups is 2. The van der Waals surface area contributed by atoms with Crippen molar-refractivity contribution in [2.75, 3.05) is 6.54 Å². The molecule has 0 unspecified atom stereocenters. The minimum absolute atomic E-state index is 0. The third-order valence-corrected chi connectivity index (χ3v) is 6.31. The molecule has 0 amide bonds. The predicted octanol–water partition coefficient (Wildman–Crippen LogP) is 4.48. The summed E-state index contributed by atoms with van der Waals surface area (Å²) in [6.07, 6.45) is 2.21. The van der Waals surface area contributed by atoms with Crippen molar-refractivity contribution in [1.82, 2.24) is 4.98 Å². The Labute approximate surface area is 179 Å². The zero-order valence-corrected chi connectivity index (χ0v) is 17.3. The van der Waals surface area contributed by atoms with Gasteiger partial charge >= 0.3 is 0 Å². The number of hydrogen-bond donors (Lipinski definition) is 4. The van der Waals surface area contributed by atoms with Gasteiger partial charge in [-0.25, -0.2) is 0 Å². The van der Waals surface area contributed by atoms with Gasteiger partial charge in [0.1, 0.15) is 11.5 Å². The van der Waals surface area contributed by atoms with Crippen molar-refractivity contribution in [2.45, 2.75) is 25.2 Å². The van der Waals surface area contributed by atoms with Gasteiger partial charge in [0.2, 0.25) is 0 Å². The minimum Gasteiger partial charge on any atom is -0.507 e. The number of phenolic OH excluding ortho intramolecular Hbond substituents is 2. The van der Waals surface area contributed by atoms with Gasteiger partial charge < -0.3 is 20.9 Å². The van der Waals surface area contributed by atoms with Crippen LogP contribution in [-0.2, 0) is 5.41 Å². The molecule has 1 heterocycles. The molecule has 4 aromatic rings. The molecule has 0 bridgehead atoms. The Morgan fingerprint density at radius 2 is 1.73 bits per heavy atom. The standard InChI is InChI=1S/C24H22N2O3.ClH/c1-13-11-18(28)19(14-5-7-15(8-6-14)24(12-25)9-10-24)21-16-3-2-4-17(27)20(16)23(29)26-22(13)21;/h2-8,11,27-28H,9-10,12,25H2,1H3,(H,26,29);1H. The van der Waals surface area contributed by atoms with E-state index in [0.717, 1.165) is 29.4 Å². The maximum atomic E-state index is 12.6. The Kier molecular flexibility index (Phi) is 4.76. The van der Waals surface area contributed by atoms with Crippen LogP contribution in [0.25, 0.3) is 32.8 Å². The summed E-state index contributed by atoms with van der Waals surface area (Å²) in [4.78, 5) is 15.5. The number of aromatic amines is 1. The normalized spacial score (nSPS) is 14.6. The van der Waals surface area contributed by atoms with Crippen molar-refractivity contribution in [3.8, 4) is 22.6 Å². The van der Waals surface area contributed by atoms with Gasteiger partial charge in [-0.05, 0) is 48.6 Å². The molecule has 0 radical (unpaired) electrons. The molecule has 0 aliphatic heterocycles. The topological polar surface area (TPSA) is 99.3 Å². The van der Waals surface area contributed by atoms with Crippen LogP contribution < -0.4 is 11.3 Å². The Bertz CT molecular complexity index is 1340. The first kappa shape index (κ1) is 20.3. The van der Waals surface area contributed by atoms with Crippen molar-refractivity contribution < 1.29 is 10.2 Å². The zero-order chi connectivity index (χ0) is 20.3. The van der Waals surface area contributed by atoms with Crippen LogP contribution in [0, 0.1) is 6.92 Å². The minimum atomic E-state index is -0.348. The lowest BCUT2D eigenvalue weighted by molar-refractivity contribution is 0.477. The molecule has 5 rings (SSSR count). The molecule has 1 aliphatic rings. The lowest BCUT2D eigenvalue weighted by Gasteiger charge is -2.16. The molecular formula is C24H23ClN2O3. The maximum Gasteiger partial charge on any atom is 0.260 e. The molecule has 6 heteroatoms. The molecule has 0 atom stereocenters. The number of benzene rings is 3. The van der Waals surface area contributed by atoms with Crippen LogP contribution in [0.5, 0.6) is 11.5 Å². The van der Waals surface area contributed by atoms with Crippen molar-refractivity contribution in [2.24, 2.45) is 5.73 Å². The first-order valence-corrected chi connectivity index (χ1v) is 9.76. The van der Waals surface area contributed by atoms with Crippen LogP contribution >= 0.6 is 12.4 Å². The van der Waals surface area contributed by atoms with E-state index in [1.54, 1.807) is 18.2 Å². The van der Waals surface area contributed by atoms with Crippen LogP contribution in [-0.4, -0.2) is 21.7 Å². The molecule has 0 spiro atoms. The van der Waals surface area contributed by atoms with E-state index in [2.05, 4.69) is 17.1 Å². The number of rotatable bonds is 3. The molecule has 0 saturated heterocycles. The number of hydrogen-bond acceptors (Lipinski definition) is 4. The predicted molar refractivity (Wildman–Crippen MR) is 123 cm³/mol. The smallest absolute Gasteiger partial charge is 0.260 e. The lowest BCUT2D eigenvalue weighted by Crippen LogP contribution is -2.19. The fourth-order valence-corrected chi connectivity index (χ4v) is 4.44. The molecule has 5 N–H and O–H groups in total. The van der Waals surface area contributed by atoms with E-state index in [9.17, 15) is 15.0 Å². The number of phenols is 2. The lowest BCUT2D eigenvalue weighted by atomic mass is 9.90. The van der Waals surface area contributed by atoms with Crippen molar-refractivity contribution in [1.29, 1.82) is 0 Å². The number of nitrogens with one attached hydrogen (secondary N) is 1. The Balaban J connectivity index is 0.00000218. The number of fused-ring (bicyclic) bond motifs is 3. The highest BCUT2D eigenvalue weighted by molar-refractivity contribution is 6.15. The van der Waals surface area contributed by atoms with E-state index in [1.807, 2.05) is 19.1 Å². The molecule has 1 saturated carbocycles. The monoisotopic (exact) mass is 422 g/mol. The summed E-state index contributed by atoms with van der Waals surface area (Å²) < 4.78 is 0. The summed E-state index contributed by atoms with van der Waals surface area (Å²) in [6, 6.07) is 14.8. The summed E-state index contributed by atoms with van der Waals surface area (Å²) >= 11 is 0. The highest BCUT2D eigenvalue weighted by atomic mass is 35.5. The summed E-state index contributed by atoms with van der Waals surface area (Å²) in [5.74, 6) is 0.0611. The van der Waals surface area contributed by atoms with Gasteiger partial charge in [0, 0.05) is 28.3 Å². The van der Waals surface area contributed by atoms with E-state index in [-0.39, 0.29) is 40.3 Å². The van der Waals surface area contributed by atoms with Gasteiger partial charge in [-0.2, -0.15) is 0 Å². The van der Waals surface area contributed by atoms with Crippen LogP contribution in [0.15, 0.2) is 53.3 Å². The van der Waals surface area contributed by atoms with Crippen molar-refractivity contribution in [3.63, 3.8) is 0 Å². The fourth-order valence-electron chi connectivity index (χ4n) is 4.44. The Morgan fingerprint density at radius 1 is 1.03 bits per heavy atom. The molecule has 1 fully saturated rings. The molecule has 154 valence electrons. The van der Waals surface area contributed by atoms with E-state index in [4.69, 9.17) is 5.73 Å². The maximum absolute atomic E-state index is 12.6. The van der Waals surface area contributed by atoms with Crippen LogP contribution in [0.2, 0.25) is 0 Å². The van der Waals surface area contributed by atoms with E-state index < -0.39 is 0 Å². The molecular weight excluding hydrogens is 400 g/mol. The second-order valence-corrected chi connectivity index (χ2v) is 8.05. The molecule has 1 aliphatic carbocycles. The second kappa shape index (κ2) is 7.04.